The molecule has 1 aliphatic heterocycles. The van der Waals surface area contributed by atoms with E-state index in [1.54, 1.807) is 12.3 Å². The molecule has 0 aliphatic carbocycles. The predicted molar refractivity (Wildman–Crippen MR) is 79.1 cm³/mol. The van der Waals surface area contributed by atoms with Crippen molar-refractivity contribution in [1.82, 2.24) is 10.3 Å². The van der Waals surface area contributed by atoms with Gasteiger partial charge in [-0.2, -0.15) is 0 Å². The van der Waals surface area contributed by atoms with Gasteiger partial charge in [-0.05, 0) is 44.5 Å². The highest BCUT2D eigenvalue weighted by atomic mass is 35.5. The van der Waals surface area contributed by atoms with Crippen molar-refractivity contribution < 1.29 is 9.53 Å². The van der Waals surface area contributed by atoms with Crippen LogP contribution in [0.5, 0.6) is 0 Å². The minimum Gasteiger partial charge on any atom is -0.378 e. The summed E-state index contributed by atoms with van der Waals surface area (Å²) in [6, 6.07) is 1.81. The van der Waals surface area contributed by atoms with Crippen LogP contribution in [0.15, 0.2) is 12.3 Å². The highest BCUT2D eigenvalue weighted by Gasteiger charge is 2.14. The fraction of sp³-hybridized carbons (Fsp3) is 0.571. The van der Waals surface area contributed by atoms with Crippen LogP contribution in [0.25, 0.3) is 0 Å². The summed E-state index contributed by atoms with van der Waals surface area (Å²) in [6.45, 7) is 4.31. The number of rotatable bonds is 5. The van der Waals surface area contributed by atoms with Gasteiger partial charge in [0.05, 0.1) is 24.8 Å². The Morgan fingerprint density at radius 3 is 3.05 bits per heavy atom. The molecule has 20 heavy (non-hydrogen) atoms. The van der Waals surface area contributed by atoms with Gasteiger partial charge >= 0.3 is 0 Å². The van der Waals surface area contributed by atoms with Crippen LogP contribution in [-0.2, 0) is 9.53 Å². The summed E-state index contributed by atoms with van der Waals surface area (Å²) in [6.07, 6.45) is 4.28. The van der Waals surface area contributed by atoms with E-state index in [0.29, 0.717) is 23.9 Å². The number of hydrogen-bond donors (Lipinski definition) is 2. The average Bonchev–Trinajstić information content (AvgIpc) is 2.44. The summed E-state index contributed by atoms with van der Waals surface area (Å²) in [7, 11) is 0. The Kier molecular flexibility index (Phi) is 5.76. The Hall–Kier alpha value is -1.17. The molecule has 0 radical (unpaired) electrons. The summed E-state index contributed by atoms with van der Waals surface area (Å²) < 4.78 is 5.70. The van der Waals surface area contributed by atoms with Crippen molar-refractivity contribution in [2.45, 2.75) is 32.3 Å². The molecule has 0 bridgehead atoms. The van der Waals surface area contributed by atoms with Gasteiger partial charge in [-0.15, -0.1) is 0 Å². The van der Waals surface area contributed by atoms with Gasteiger partial charge in [-0.1, -0.05) is 11.6 Å². The normalized spacial score (nSPS) is 16.1. The van der Waals surface area contributed by atoms with E-state index in [4.69, 9.17) is 16.3 Å². The molecule has 2 N–H and O–H groups in total. The van der Waals surface area contributed by atoms with Crippen molar-refractivity contribution >= 4 is 23.2 Å². The van der Waals surface area contributed by atoms with E-state index in [1.165, 1.54) is 0 Å². The van der Waals surface area contributed by atoms with Crippen LogP contribution in [0.3, 0.4) is 0 Å². The van der Waals surface area contributed by atoms with Crippen molar-refractivity contribution in [3.63, 3.8) is 0 Å². The Balaban J connectivity index is 1.73. The molecule has 1 aromatic rings. The van der Waals surface area contributed by atoms with Crippen LogP contribution in [0.4, 0.5) is 5.69 Å². The number of pyridine rings is 1. The van der Waals surface area contributed by atoms with E-state index in [0.717, 1.165) is 31.5 Å². The lowest BCUT2D eigenvalue weighted by Crippen LogP contribution is -2.33. The molecule has 0 aromatic carbocycles. The van der Waals surface area contributed by atoms with Crippen LogP contribution in [0, 0.1) is 6.92 Å². The Morgan fingerprint density at radius 1 is 1.55 bits per heavy atom. The minimum atomic E-state index is -0.103. The average molecular weight is 298 g/mol. The van der Waals surface area contributed by atoms with Crippen LogP contribution in [-0.4, -0.2) is 36.7 Å². The smallest absolute Gasteiger partial charge is 0.226 e. The third kappa shape index (κ3) is 4.74. The third-order valence-electron chi connectivity index (χ3n) is 3.22. The summed E-state index contributed by atoms with van der Waals surface area (Å²) in [4.78, 5) is 15.8. The summed E-state index contributed by atoms with van der Waals surface area (Å²) >= 11 is 5.93. The molecule has 1 amide bonds. The van der Waals surface area contributed by atoms with Crippen molar-refractivity contribution in [1.29, 1.82) is 0 Å². The van der Waals surface area contributed by atoms with Crippen molar-refractivity contribution in [2.24, 2.45) is 0 Å². The molecule has 2 rings (SSSR count). The first-order valence-corrected chi connectivity index (χ1v) is 7.27. The second-order valence-corrected chi connectivity index (χ2v) is 5.33. The first-order chi connectivity index (χ1) is 9.65. The van der Waals surface area contributed by atoms with Crippen LogP contribution >= 0.6 is 11.6 Å². The first kappa shape index (κ1) is 15.2. The van der Waals surface area contributed by atoms with Gasteiger partial charge in [0.2, 0.25) is 5.91 Å². The van der Waals surface area contributed by atoms with Gasteiger partial charge in [0.1, 0.15) is 0 Å². The van der Waals surface area contributed by atoms with E-state index < -0.39 is 0 Å². The van der Waals surface area contributed by atoms with Gasteiger partial charge in [0, 0.05) is 6.20 Å². The fourth-order valence-electron chi connectivity index (χ4n) is 2.13. The number of carbonyl (C=O) groups excluding carboxylic acids is 1. The van der Waals surface area contributed by atoms with Gasteiger partial charge < -0.3 is 15.4 Å². The molecule has 0 unspecified atom stereocenters. The number of piperidine rings is 1. The van der Waals surface area contributed by atoms with Gasteiger partial charge in [0.15, 0.2) is 5.15 Å². The lowest BCUT2D eigenvalue weighted by molar-refractivity contribution is -0.117. The number of aryl methyl sites for hydroxylation is 1. The number of amides is 1. The Morgan fingerprint density at radius 2 is 2.30 bits per heavy atom. The molecular weight excluding hydrogens is 278 g/mol. The van der Waals surface area contributed by atoms with E-state index >= 15 is 0 Å². The zero-order chi connectivity index (χ0) is 14.4. The van der Waals surface area contributed by atoms with Crippen LogP contribution in [0.2, 0.25) is 5.15 Å². The zero-order valence-corrected chi connectivity index (χ0v) is 12.4. The number of nitrogens with one attached hydrogen (secondary N) is 2. The Bertz CT molecular complexity index is 462. The zero-order valence-electron chi connectivity index (χ0n) is 11.6. The molecule has 0 saturated carbocycles. The van der Waals surface area contributed by atoms with E-state index in [2.05, 4.69) is 15.6 Å². The quantitative estimate of drug-likeness (QED) is 0.818. The molecule has 1 aromatic heterocycles. The largest absolute Gasteiger partial charge is 0.378 e. The van der Waals surface area contributed by atoms with E-state index in [9.17, 15) is 4.79 Å². The first-order valence-electron chi connectivity index (χ1n) is 6.89. The molecule has 6 heteroatoms. The van der Waals surface area contributed by atoms with Crippen molar-refractivity contribution in [2.75, 3.05) is 25.0 Å². The molecule has 1 fully saturated rings. The van der Waals surface area contributed by atoms with E-state index in [1.807, 2.05) is 6.92 Å². The molecule has 5 nitrogen and oxygen atoms in total. The maximum Gasteiger partial charge on any atom is 0.226 e. The number of nitrogens with zero attached hydrogens (tertiary/aromatic N) is 1. The molecule has 2 heterocycles. The van der Waals surface area contributed by atoms with Gasteiger partial charge in [-0.25, -0.2) is 4.98 Å². The summed E-state index contributed by atoms with van der Waals surface area (Å²) in [5.74, 6) is -0.103. The predicted octanol–water partition coefficient (Wildman–Crippen LogP) is 2.14. The molecule has 1 aliphatic rings. The molecule has 0 spiro atoms. The lowest BCUT2D eigenvalue weighted by Gasteiger charge is -2.22. The molecule has 110 valence electrons. The van der Waals surface area contributed by atoms with Gasteiger partial charge in [-0.3, -0.25) is 4.79 Å². The molecular formula is C14H20ClN3O2. The molecule has 0 atom stereocenters. The number of carbonyl (C=O) groups is 1. The highest BCUT2D eigenvalue weighted by Crippen LogP contribution is 2.19. The summed E-state index contributed by atoms with van der Waals surface area (Å²) in [5, 5.41) is 6.35. The topological polar surface area (TPSA) is 63.2 Å². The summed E-state index contributed by atoms with van der Waals surface area (Å²) in [5.41, 5.74) is 1.51. The fourth-order valence-corrected chi connectivity index (χ4v) is 2.28. The highest BCUT2D eigenvalue weighted by molar-refractivity contribution is 6.32. The van der Waals surface area contributed by atoms with Gasteiger partial charge in [0.25, 0.3) is 0 Å². The standard InChI is InChI=1S/C14H20ClN3O2/c1-10-8-12(14(15)17-9-10)18-13(19)4-7-20-11-2-5-16-6-3-11/h8-9,11,16H,2-7H2,1H3,(H,18,19). The van der Waals surface area contributed by atoms with E-state index in [-0.39, 0.29) is 12.0 Å². The third-order valence-corrected chi connectivity index (χ3v) is 3.52. The second kappa shape index (κ2) is 7.57. The molecule has 1 saturated heterocycles. The second-order valence-electron chi connectivity index (χ2n) is 4.97. The number of anilines is 1. The van der Waals surface area contributed by atoms with Crippen LogP contribution < -0.4 is 10.6 Å². The van der Waals surface area contributed by atoms with Crippen molar-refractivity contribution in [3.05, 3.63) is 23.0 Å². The van der Waals surface area contributed by atoms with Crippen molar-refractivity contribution in [3.8, 4) is 0 Å². The monoisotopic (exact) mass is 297 g/mol. The lowest BCUT2D eigenvalue weighted by atomic mass is 10.1. The number of hydrogen-bond acceptors (Lipinski definition) is 4. The number of halogens is 1. The number of ether oxygens (including phenoxy) is 1. The Labute approximate surface area is 124 Å². The maximum atomic E-state index is 11.8. The number of aromatic nitrogens is 1. The van der Waals surface area contributed by atoms with Crippen LogP contribution in [0.1, 0.15) is 24.8 Å². The maximum absolute atomic E-state index is 11.8. The SMILES string of the molecule is Cc1cnc(Cl)c(NC(=O)CCOC2CCNCC2)c1. The minimum absolute atomic E-state index is 0.103.